The van der Waals surface area contributed by atoms with Crippen molar-refractivity contribution in [3.8, 4) is 5.75 Å². The molecule has 0 aliphatic heterocycles. The van der Waals surface area contributed by atoms with E-state index in [1.165, 1.54) is 0 Å². The molecular weight excluding hydrogens is 344 g/mol. The van der Waals surface area contributed by atoms with E-state index in [1.54, 1.807) is 7.11 Å². The molecule has 0 saturated carbocycles. The third-order valence-electron chi connectivity index (χ3n) is 3.36. The maximum absolute atomic E-state index is 12.2. The van der Waals surface area contributed by atoms with Crippen molar-refractivity contribution in [2.24, 2.45) is 0 Å². The fourth-order valence-corrected chi connectivity index (χ4v) is 2.46. The summed E-state index contributed by atoms with van der Waals surface area (Å²) in [5.74, 6) is 0.789. The SMILES string of the molecule is COc1ccc(C(C)(C)NC(=O)Nc2ccccc2Br)cc1. The molecule has 2 rings (SSSR count). The van der Waals surface area contributed by atoms with E-state index in [0.29, 0.717) is 0 Å². The zero-order valence-corrected chi connectivity index (χ0v) is 14.4. The molecule has 2 amide bonds. The summed E-state index contributed by atoms with van der Waals surface area (Å²) in [4.78, 5) is 12.2. The number of rotatable bonds is 4. The first kappa shape index (κ1) is 16.4. The van der Waals surface area contributed by atoms with E-state index in [0.717, 1.165) is 21.5 Å². The second-order valence-corrected chi connectivity index (χ2v) is 6.27. The predicted molar refractivity (Wildman–Crippen MR) is 92.3 cm³/mol. The molecule has 2 aromatic rings. The van der Waals surface area contributed by atoms with Crippen molar-refractivity contribution >= 4 is 27.6 Å². The monoisotopic (exact) mass is 362 g/mol. The molecule has 116 valence electrons. The molecule has 0 fully saturated rings. The Balaban J connectivity index is 2.07. The highest BCUT2D eigenvalue weighted by atomic mass is 79.9. The second-order valence-electron chi connectivity index (χ2n) is 5.41. The van der Waals surface area contributed by atoms with Gasteiger partial charge in [-0.05, 0) is 59.6 Å². The summed E-state index contributed by atoms with van der Waals surface area (Å²) >= 11 is 3.41. The maximum atomic E-state index is 12.2. The fourth-order valence-electron chi connectivity index (χ4n) is 2.08. The Bertz CT molecular complexity index is 654. The van der Waals surface area contributed by atoms with Crippen LogP contribution in [0.25, 0.3) is 0 Å². The maximum Gasteiger partial charge on any atom is 0.319 e. The number of ether oxygens (including phenoxy) is 1. The lowest BCUT2D eigenvalue weighted by atomic mass is 9.94. The van der Waals surface area contributed by atoms with E-state index in [2.05, 4.69) is 26.6 Å². The Kier molecular flexibility index (Phi) is 5.08. The van der Waals surface area contributed by atoms with Crippen LogP contribution in [0.3, 0.4) is 0 Å². The van der Waals surface area contributed by atoms with Crippen LogP contribution in [0.15, 0.2) is 53.0 Å². The molecule has 2 N–H and O–H groups in total. The molecule has 0 heterocycles. The topological polar surface area (TPSA) is 50.4 Å². The fraction of sp³-hybridized carbons (Fsp3) is 0.235. The van der Waals surface area contributed by atoms with Crippen molar-refractivity contribution in [1.82, 2.24) is 5.32 Å². The molecule has 5 heteroatoms. The average Bonchev–Trinajstić information content (AvgIpc) is 2.49. The van der Waals surface area contributed by atoms with E-state index in [4.69, 9.17) is 4.74 Å². The van der Waals surface area contributed by atoms with Crippen LogP contribution in [0, 0.1) is 0 Å². The summed E-state index contributed by atoms with van der Waals surface area (Å²) in [7, 11) is 1.63. The predicted octanol–water partition coefficient (Wildman–Crippen LogP) is 4.51. The zero-order valence-electron chi connectivity index (χ0n) is 12.8. The molecule has 0 radical (unpaired) electrons. The number of carbonyl (C=O) groups is 1. The van der Waals surface area contributed by atoms with Crippen LogP contribution in [0.1, 0.15) is 19.4 Å². The van der Waals surface area contributed by atoms with Crippen LogP contribution in [-0.4, -0.2) is 13.1 Å². The quantitative estimate of drug-likeness (QED) is 0.840. The average molecular weight is 363 g/mol. The molecule has 0 aliphatic rings. The number of anilines is 1. The Morgan fingerprint density at radius 3 is 2.32 bits per heavy atom. The van der Waals surface area contributed by atoms with Gasteiger partial charge in [-0.3, -0.25) is 0 Å². The number of amides is 2. The minimum Gasteiger partial charge on any atom is -0.497 e. The second kappa shape index (κ2) is 6.83. The third kappa shape index (κ3) is 4.01. The summed E-state index contributed by atoms with van der Waals surface area (Å²) in [5, 5.41) is 5.81. The number of hydrogen-bond donors (Lipinski definition) is 2. The minimum atomic E-state index is -0.502. The number of para-hydroxylation sites is 1. The molecule has 0 atom stereocenters. The molecule has 4 nitrogen and oxygen atoms in total. The van der Waals surface area contributed by atoms with E-state index < -0.39 is 5.54 Å². The standard InChI is InChI=1S/C17H19BrN2O2/c1-17(2,12-8-10-13(22-3)11-9-12)20-16(21)19-15-7-5-4-6-14(15)18/h4-11H,1-3H3,(H2,19,20,21). The molecule has 0 aliphatic carbocycles. The third-order valence-corrected chi connectivity index (χ3v) is 4.05. The molecule has 22 heavy (non-hydrogen) atoms. The van der Waals surface area contributed by atoms with Gasteiger partial charge in [-0.2, -0.15) is 0 Å². The molecule has 0 unspecified atom stereocenters. The number of halogens is 1. The number of urea groups is 1. The van der Waals surface area contributed by atoms with E-state index in [1.807, 2.05) is 62.4 Å². The Morgan fingerprint density at radius 2 is 1.73 bits per heavy atom. The summed E-state index contributed by atoms with van der Waals surface area (Å²) in [6.07, 6.45) is 0. The van der Waals surface area contributed by atoms with Gasteiger partial charge in [0.1, 0.15) is 5.75 Å². The van der Waals surface area contributed by atoms with Gasteiger partial charge in [0.25, 0.3) is 0 Å². The first-order chi connectivity index (χ1) is 10.4. The first-order valence-electron chi connectivity index (χ1n) is 6.90. The normalized spacial score (nSPS) is 10.9. The van der Waals surface area contributed by atoms with Crippen LogP contribution in [-0.2, 0) is 5.54 Å². The van der Waals surface area contributed by atoms with E-state index >= 15 is 0 Å². The lowest BCUT2D eigenvalue weighted by molar-refractivity contribution is 0.242. The smallest absolute Gasteiger partial charge is 0.319 e. The van der Waals surface area contributed by atoms with Gasteiger partial charge in [0.05, 0.1) is 18.3 Å². The zero-order chi connectivity index (χ0) is 16.2. The summed E-state index contributed by atoms with van der Waals surface area (Å²) in [6, 6.07) is 14.9. The van der Waals surface area contributed by atoms with Gasteiger partial charge in [-0.1, -0.05) is 24.3 Å². The Morgan fingerprint density at radius 1 is 1.09 bits per heavy atom. The van der Waals surface area contributed by atoms with Gasteiger partial charge < -0.3 is 15.4 Å². The van der Waals surface area contributed by atoms with Gasteiger partial charge in [0.15, 0.2) is 0 Å². The van der Waals surface area contributed by atoms with Crippen LogP contribution in [0.4, 0.5) is 10.5 Å². The van der Waals surface area contributed by atoms with Gasteiger partial charge in [0.2, 0.25) is 0 Å². The minimum absolute atomic E-state index is 0.257. The van der Waals surface area contributed by atoms with Crippen molar-refractivity contribution in [2.45, 2.75) is 19.4 Å². The van der Waals surface area contributed by atoms with Crippen molar-refractivity contribution in [1.29, 1.82) is 0 Å². The van der Waals surface area contributed by atoms with Crippen LogP contribution < -0.4 is 15.4 Å². The largest absolute Gasteiger partial charge is 0.497 e. The van der Waals surface area contributed by atoms with E-state index in [-0.39, 0.29) is 6.03 Å². The number of methoxy groups -OCH3 is 1. The Hall–Kier alpha value is -2.01. The first-order valence-corrected chi connectivity index (χ1v) is 7.70. The van der Waals surface area contributed by atoms with Crippen molar-refractivity contribution in [3.63, 3.8) is 0 Å². The number of hydrogen-bond acceptors (Lipinski definition) is 2. The highest BCUT2D eigenvalue weighted by Gasteiger charge is 2.23. The van der Waals surface area contributed by atoms with Crippen LogP contribution in [0.2, 0.25) is 0 Å². The summed E-state index contributed by atoms with van der Waals surface area (Å²) in [6.45, 7) is 3.91. The van der Waals surface area contributed by atoms with E-state index in [9.17, 15) is 4.79 Å². The van der Waals surface area contributed by atoms with Crippen LogP contribution in [0.5, 0.6) is 5.75 Å². The highest BCUT2D eigenvalue weighted by molar-refractivity contribution is 9.10. The van der Waals surface area contributed by atoms with Crippen molar-refractivity contribution in [3.05, 3.63) is 58.6 Å². The highest BCUT2D eigenvalue weighted by Crippen LogP contribution is 2.24. The molecule has 2 aromatic carbocycles. The number of nitrogens with one attached hydrogen (secondary N) is 2. The van der Waals surface area contributed by atoms with Crippen molar-refractivity contribution in [2.75, 3.05) is 12.4 Å². The molecule has 0 aromatic heterocycles. The molecular formula is C17H19BrN2O2. The lowest BCUT2D eigenvalue weighted by Crippen LogP contribution is -2.43. The lowest BCUT2D eigenvalue weighted by Gasteiger charge is -2.27. The number of carbonyl (C=O) groups excluding carboxylic acids is 1. The van der Waals surface area contributed by atoms with Gasteiger partial charge in [-0.15, -0.1) is 0 Å². The molecule has 0 saturated heterocycles. The van der Waals surface area contributed by atoms with Crippen molar-refractivity contribution < 1.29 is 9.53 Å². The van der Waals surface area contributed by atoms with Crippen LogP contribution >= 0.6 is 15.9 Å². The van der Waals surface area contributed by atoms with Gasteiger partial charge in [-0.25, -0.2) is 4.79 Å². The molecule has 0 bridgehead atoms. The van der Waals surface area contributed by atoms with Gasteiger partial charge >= 0.3 is 6.03 Å². The molecule has 0 spiro atoms. The summed E-state index contributed by atoms with van der Waals surface area (Å²) < 4.78 is 5.99. The Labute approximate surface area is 139 Å². The number of benzene rings is 2. The van der Waals surface area contributed by atoms with Gasteiger partial charge in [0, 0.05) is 4.47 Å². The summed E-state index contributed by atoms with van der Waals surface area (Å²) in [5.41, 5.74) is 1.22.